The van der Waals surface area contributed by atoms with Gasteiger partial charge in [-0.25, -0.2) is 4.98 Å². The molecule has 3 aromatic rings. The van der Waals surface area contributed by atoms with Crippen LogP contribution >= 0.6 is 24.8 Å². The number of fused-ring (bicyclic) bond motifs is 1. The highest BCUT2D eigenvalue weighted by Gasteiger charge is 2.36. The van der Waals surface area contributed by atoms with Gasteiger partial charge >= 0.3 is 0 Å². The first kappa shape index (κ1) is 21.1. The normalized spacial score (nSPS) is 18.6. The van der Waals surface area contributed by atoms with Crippen molar-refractivity contribution in [1.29, 1.82) is 0 Å². The third kappa shape index (κ3) is 4.21. The minimum atomic E-state index is -0.0739. The summed E-state index contributed by atoms with van der Waals surface area (Å²) in [5.41, 5.74) is 9.13. The monoisotopic (exact) mass is 404 g/mol. The molecule has 1 aliphatic rings. The summed E-state index contributed by atoms with van der Waals surface area (Å²) in [6.45, 7) is 1.88. The molecule has 2 aromatic carbocycles. The highest BCUT2D eigenvalue weighted by Crippen LogP contribution is 2.32. The molecule has 4 rings (SSSR count). The summed E-state index contributed by atoms with van der Waals surface area (Å²) >= 11 is 0. The lowest BCUT2D eigenvalue weighted by molar-refractivity contribution is 0.0780. The molecule has 0 unspecified atom stereocenters. The minimum absolute atomic E-state index is 0. The quantitative estimate of drug-likeness (QED) is 0.726. The van der Waals surface area contributed by atoms with Gasteiger partial charge in [-0.3, -0.25) is 9.78 Å². The number of amides is 1. The first-order valence-corrected chi connectivity index (χ1v) is 8.52. The summed E-state index contributed by atoms with van der Waals surface area (Å²) in [5.74, 6) is 0.457. The Morgan fingerprint density at radius 2 is 1.67 bits per heavy atom. The largest absolute Gasteiger partial charge is 0.336 e. The van der Waals surface area contributed by atoms with E-state index in [0.29, 0.717) is 25.3 Å². The van der Waals surface area contributed by atoms with Crippen molar-refractivity contribution in [1.82, 2.24) is 14.9 Å². The third-order valence-corrected chi connectivity index (χ3v) is 4.93. The molecule has 2 N–H and O–H groups in total. The number of nitrogens with two attached hydrogens (primary N) is 1. The number of benzene rings is 2. The molecule has 0 aliphatic carbocycles. The van der Waals surface area contributed by atoms with E-state index in [1.54, 1.807) is 6.20 Å². The second-order valence-corrected chi connectivity index (χ2v) is 6.47. The molecule has 2 heterocycles. The summed E-state index contributed by atoms with van der Waals surface area (Å²) in [4.78, 5) is 23.6. The van der Waals surface area contributed by atoms with Gasteiger partial charge in [0.05, 0.1) is 17.2 Å². The van der Waals surface area contributed by atoms with Crippen LogP contribution in [0.25, 0.3) is 11.0 Å². The lowest BCUT2D eigenvalue weighted by atomic mass is 9.89. The van der Waals surface area contributed by atoms with E-state index in [4.69, 9.17) is 5.73 Å². The second kappa shape index (κ2) is 9.13. The number of rotatable bonds is 3. The van der Waals surface area contributed by atoms with Gasteiger partial charge in [-0.2, -0.15) is 0 Å². The van der Waals surface area contributed by atoms with Crippen LogP contribution in [0.15, 0.2) is 60.8 Å². The molecule has 1 saturated heterocycles. The van der Waals surface area contributed by atoms with Crippen molar-refractivity contribution in [2.24, 2.45) is 11.7 Å². The Morgan fingerprint density at radius 1 is 1.00 bits per heavy atom. The molecule has 5 nitrogen and oxygen atoms in total. The predicted octanol–water partition coefficient (Wildman–Crippen LogP) is 3.29. The molecule has 27 heavy (non-hydrogen) atoms. The Balaban J connectivity index is 0.00000131. The van der Waals surface area contributed by atoms with Gasteiger partial charge in [0.2, 0.25) is 0 Å². The fraction of sp³-hybridized carbons (Fsp3) is 0.250. The number of nitrogens with zero attached hydrogens (tertiary/aromatic N) is 3. The molecule has 1 amide bonds. The van der Waals surface area contributed by atoms with Gasteiger partial charge in [-0.15, -0.1) is 24.8 Å². The van der Waals surface area contributed by atoms with Crippen LogP contribution in [0.5, 0.6) is 0 Å². The molecule has 2 atom stereocenters. The van der Waals surface area contributed by atoms with Crippen LogP contribution in [-0.4, -0.2) is 40.4 Å². The Labute approximate surface area is 170 Å². The van der Waals surface area contributed by atoms with E-state index in [2.05, 4.69) is 22.1 Å². The number of carbonyl (C=O) groups excluding carboxylic acids is 1. The number of carbonyl (C=O) groups is 1. The fourth-order valence-electron chi connectivity index (χ4n) is 3.58. The highest BCUT2D eigenvalue weighted by atomic mass is 35.5. The van der Waals surface area contributed by atoms with Gasteiger partial charge < -0.3 is 10.6 Å². The van der Waals surface area contributed by atoms with E-state index >= 15 is 0 Å². The summed E-state index contributed by atoms with van der Waals surface area (Å²) in [7, 11) is 0. The SMILES string of the molecule is Cl.Cl.NC[C@@H]1CN(C(=O)c2cnc3ccccc3n2)C[C@H]1c1ccccc1. The molecule has 1 fully saturated rings. The smallest absolute Gasteiger partial charge is 0.274 e. The minimum Gasteiger partial charge on any atom is -0.336 e. The molecular weight excluding hydrogens is 383 g/mol. The lowest BCUT2D eigenvalue weighted by Gasteiger charge is -2.16. The molecule has 7 heteroatoms. The lowest BCUT2D eigenvalue weighted by Crippen LogP contribution is -2.30. The van der Waals surface area contributed by atoms with E-state index < -0.39 is 0 Å². The topological polar surface area (TPSA) is 72.1 Å². The number of likely N-dealkylation sites (tertiary alicyclic amines) is 1. The van der Waals surface area contributed by atoms with Crippen molar-refractivity contribution >= 4 is 41.8 Å². The predicted molar refractivity (Wildman–Crippen MR) is 112 cm³/mol. The zero-order chi connectivity index (χ0) is 17.2. The Morgan fingerprint density at radius 3 is 2.37 bits per heavy atom. The van der Waals surface area contributed by atoms with E-state index in [-0.39, 0.29) is 42.6 Å². The van der Waals surface area contributed by atoms with E-state index in [1.807, 2.05) is 47.4 Å². The molecule has 1 aliphatic heterocycles. The maximum Gasteiger partial charge on any atom is 0.274 e. The number of halogens is 2. The van der Waals surface area contributed by atoms with E-state index in [9.17, 15) is 4.79 Å². The van der Waals surface area contributed by atoms with E-state index in [1.165, 1.54) is 5.56 Å². The molecule has 1 aromatic heterocycles. The number of para-hydroxylation sites is 2. The maximum absolute atomic E-state index is 12.9. The molecule has 0 radical (unpaired) electrons. The third-order valence-electron chi connectivity index (χ3n) is 4.93. The van der Waals surface area contributed by atoms with Crippen LogP contribution in [0.1, 0.15) is 22.0 Å². The number of aromatic nitrogens is 2. The van der Waals surface area contributed by atoms with Gasteiger partial charge in [-0.1, -0.05) is 42.5 Å². The highest BCUT2D eigenvalue weighted by molar-refractivity contribution is 5.94. The van der Waals surface area contributed by atoms with Crippen molar-refractivity contribution in [2.75, 3.05) is 19.6 Å². The summed E-state index contributed by atoms with van der Waals surface area (Å²) in [6.07, 6.45) is 1.57. The van der Waals surface area contributed by atoms with Crippen molar-refractivity contribution in [2.45, 2.75) is 5.92 Å². The molecular formula is C20H22Cl2N4O. The molecule has 142 valence electrons. The average Bonchev–Trinajstić information content (AvgIpc) is 3.12. The summed E-state index contributed by atoms with van der Waals surface area (Å²) in [5, 5.41) is 0. The van der Waals surface area contributed by atoms with Gasteiger partial charge in [0, 0.05) is 19.0 Å². The number of hydrogen-bond donors (Lipinski definition) is 1. The van der Waals surface area contributed by atoms with Crippen LogP contribution in [0.4, 0.5) is 0 Å². The first-order chi connectivity index (χ1) is 12.3. The van der Waals surface area contributed by atoms with Crippen molar-refractivity contribution < 1.29 is 4.79 Å². The van der Waals surface area contributed by atoms with Crippen LogP contribution in [0.3, 0.4) is 0 Å². The van der Waals surface area contributed by atoms with Crippen molar-refractivity contribution in [3.63, 3.8) is 0 Å². The van der Waals surface area contributed by atoms with E-state index in [0.717, 1.165) is 11.0 Å². The van der Waals surface area contributed by atoms with Crippen molar-refractivity contribution in [3.8, 4) is 0 Å². The summed E-state index contributed by atoms with van der Waals surface area (Å²) in [6, 6.07) is 17.9. The zero-order valence-corrected chi connectivity index (χ0v) is 16.3. The molecule has 0 spiro atoms. The van der Waals surface area contributed by atoms with Gasteiger partial charge in [-0.05, 0) is 30.2 Å². The summed E-state index contributed by atoms with van der Waals surface area (Å²) < 4.78 is 0. The van der Waals surface area contributed by atoms with Crippen molar-refractivity contribution in [3.05, 3.63) is 72.1 Å². The van der Waals surface area contributed by atoms with Gasteiger partial charge in [0.15, 0.2) is 0 Å². The maximum atomic E-state index is 12.9. The Hall–Kier alpha value is -2.21. The molecule has 0 bridgehead atoms. The van der Waals surface area contributed by atoms with Crippen LogP contribution in [0, 0.1) is 5.92 Å². The Bertz CT molecular complexity index is 907. The zero-order valence-electron chi connectivity index (χ0n) is 14.7. The van der Waals surface area contributed by atoms with Crippen LogP contribution in [-0.2, 0) is 0 Å². The van der Waals surface area contributed by atoms with Crippen LogP contribution in [0.2, 0.25) is 0 Å². The molecule has 0 saturated carbocycles. The standard InChI is InChI=1S/C20H20N4O.2ClH/c21-10-15-12-24(13-16(15)14-6-2-1-3-7-14)20(25)19-11-22-17-8-4-5-9-18(17)23-19;;/h1-9,11,15-16H,10,12-13,21H2;2*1H/t15-,16+;;/m1../s1. The second-order valence-electron chi connectivity index (χ2n) is 6.47. The Kier molecular flexibility index (Phi) is 7.13. The number of hydrogen-bond acceptors (Lipinski definition) is 4. The average molecular weight is 405 g/mol. The first-order valence-electron chi connectivity index (χ1n) is 8.52. The van der Waals surface area contributed by atoms with Gasteiger partial charge in [0.25, 0.3) is 5.91 Å². The fourth-order valence-corrected chi connectivity index (χ4v) is 3.58. The van der Waals surface area contributed by atoms with Gasteiger partial charge in [0.1, 0.15) is 5.69 Å². The van der Waals surface area contributed by atoms with Crippen LogP contribution < -0.4 is 5.73 Å².